The lowest BCUT2D eigenvalue weighted by atomic mass is 10.2. The van der Waals surface area contributed by atoms with Crippen molar-refractivity contribution < 1.29 is 9.90 Å². The standard InChI is InChI=1S/C14H11NO2S2/c16-8-9-1-3-10(4-2-9)15-14(17)13-7-12-11(19-13)5-6-18-12/h1-7,16H,8H2,(H,15,17). The number of nitrogens with one attached hydrogen (secondary N) is 1. The van der Waals surface area contributed by atoms with Crippen LogP contribution >= 0.6 is 22.7 Å². The van der Waals surface area contributed by atoms with Crippen LogP contribution in [-0.4, -0.2) is 11.0 Å². The smallest absolute Gasteiger partial charge is 0.265 e. The maximum atomic E-state index is 12.1. The van der Waals surface area contributed by atoms with Crippen LogP contribution in [0.1, 0.15) is 15.2 Å². The summed E-state index contributed by atoms with van der Waals surface area (Å²) in [6.07, 6.45) is 0. The predicted octanol–water partition coefficient (Wildman–Crippen LogP) is 3.71. The van der Waals surface area contributed by atoms with Gasteiger partial charge < -0.3 is 10.4 Å². The van der Waals surface area contributed by atoms with E-state index in [1.165, 1.54) is 11.3 Å². The number of benzene rings is 1. The Labute approximate surface area is 118 Å². The molecule has 5 heteroatoms. The second-order valence-electron chi connectivity index (χ2n) is 4.07. The molecule has 0 saturated carbocycles. The lowest BCUT2D eigenvalue weighted by Crippen LogP contribution is -2.09. The van der Waals surface area contributed by atoms with E-state index >= 15 is 0 Å². The maximum Gasteiger partial charge on any atom is 0.265 e. The third-order valence-corrected chi connectivity index (χ3v) is 4.85. The number of hydrogen-bond acceptors (Lipinski definition) is 4. The number of rotatable bonds is 3. The first-order valence-corrected chi connectivity index (χ1v) is 7.44. The number of fused-ring (bicyclic) bond motifs is 1. The average Bonchev–Trinajstić information content (AvgIpc) is 3.00. The fourth-order valence-electron chi connectivity index (χ4n) is 1.76. The fraction of sp³-hybridized carbons (Fsp3) is 0.0714. The first kappa shape index (κ1) is 12.3. The van der Waals surface area contributed by atoms with Crippen LogP contribution in [0.5, 0.6) is 0 Å². The molecule has 0 fully saturated rings. The Balaban J connectivity index is 1.78. The van der Waals surface area contributed by atoms with Gasteiger partial charge in [0.2, 0.25) is 0 Å². The van der Waals surface area contributed by atoms with Crippen molar-refractivity contribution in [2.24, 2.45) is 0 Å². The molecule has 0 aliphatic heterocycles. The SMILES string of the molecule is O=C(Nc1ccc(CO)cc1)c1cc2sccc2s1. The van der Waals surface area contributed by atoms with Crippen molar-refractivity contribution >= 4 is 43.7 Å². The van der Waals surface area contributed by atoms with Gasteiger partial charge in [-0.05, 0) is 35.2 Å². The zero-order valence-corrected chi connectivity index (χ0v) is 11.6. The summed E-state index contributed by atoms with van der Waals surface area (Å²) in [6.45, 7) is 0.00935. The van der Waals surface area contributed by atoms with Crippen LogP contribution in [0.3, 0.4) is 0 Å². The van der Waals surface area contributed by atoms with Gasteiger partial charge in [-0.25, -0.2) is 0 Å². The van der Waals surface area contributed by atoms with E-state index in [0.29, 0.717) is 4.88 Å². The van der Waals surface area contributed by atoms with Crippen molar-refractivity contribution in [3.8, 4) is 0 Å². The molecule has 3 aromatic rings. The van der Waals surface area contributed by atoms with Crippen molar-refractivity contribution in [1.29, 1.82) is 0 Å². The lowest BCUT2D eigenvalue weighted by molar-refractivity contribution is 0.103. The normalized spacial score (nSPS) is 10.8. The van der Waals surface area contributed by atoms with E-state index in [1.807, 2.05) is 17.5 Å². The van der Waals surface area contributed by atoms with Gasteiger partial charge in [0.05, 0.1) is 11.5 Å². The molecule has 0 saturated heterocycles. The minimum atomic E-state index is -0.0925. The topological polar surface area (TPSA) is 49.3 Å². The average molecular weight is 289 g/mol. The molecule has 0 atom stereocenters. The molecule has 3 rings (SSSR count). The molecule has 0 unspecified atom stereocenters. The molecule has 2 N–H and O–H groups in total. The van der Waals surface area contributed by atoms with E-state index in [-0.39, 0.29) is 12.5 Å². The van der Waals surface area contributed by atoms with Gasteiger partial charge in [-0.15, -0.1) is 22.7 Å². The number of amides is 1. The van der Waals surface area contributed by atoms with Gasteiger partial charge in [-0.2, -0.15) is 0 Å². The van der Waals surface area contributed by atoms with Crippen molar-refractivity contribution in [1.82, 2.24) is 0 Å². The quantitative estimate of drug-likeness (QED) is 0.772. The summed E-state index contributed by atoms with van der Waals surface area (Å²) in [5.41, 5.74) is 1.56. The second-order valence-corrected chi connectivity index (χ2v) is 6.10. The molecular weight excluding hydrogens is 278 g/mol. The van der Waals surface area contributed by atoms with E-state index in [1.54, 1.807) is 35.6 Å². The van der Waals surface area contributed by atoms with Crippen LogP contribution in [0.25, 0.3) is 9.40 Å². The zero-order valence-electron chi connectivity index (χ0n) is 9.92. The molecular formula is C14H11NO2S2. The highest BCUT2D eigenvalue weighted by Gasteiger charge is 2.11. The van der Waals surface area contributed by atoms with Crippen molar-refractivity contribution in [3.05, 3.63) is 52.2 Å². The summed E-state index contributed by atoms with van der Waals surface area (Å²) in [7, 11) is 0. The Bertz CT molecular complexity index is 684. The molecule has 0 bridgehead atoms. The molecule has 96 valence electrons. The van der Waals surface area contributed by atoms with E-state index < -0.39 is 0 Å². The molecule has 19 heavy (non-hydrogen) atoms. The molecule has 0 spiro atoms. The number of anilines is 1. The van der Waals surface area contributed by atoms with Gasteiger partial charge in [0.1, 0.15) is 0 Å². The van der Waals surface area contributed by atoms with E-state index in [0.717, 1.165) is 20.7 Å². The van der Waals surface area contributed by atoms with E-state index in [2.05, 4.69) is 5.32 Å². The molecule has 1 amide bonds. The lowest BCUT2D eigenvalue weighted by Gasteiger charge is -2.04. The second kappa shape index (κ2) is 5.13. The molecule has 0 aliphatic rings. The molecule has 0 radical (unpaired) electrons. The van der Waals surface area contributed by atoms with E-state index in [4.69, 9.17) is 5.11 Å². The van der Waals surface area contributed by atoms with Gasteiger partial charge in [0.15, 0.2) is 0 Å². The van der Waals surface area contributed by atoms with Gasteiger partial charge in [-0.1, -0.05) is 12.1 Å². The number of aliphatic hydroxyl groups is 1. The minimum Gasteiger partial charge on any atom is -0.392 e. The number of hydrogen-bond donors (Lipinski definition) is 2. The summed E-state index contributed by atoms with van der Waals surface area (Å²) < 4.78 is 2.29. The Hall–Kier alpha value is -1.69. The Morgan fingerprint density at radius 1 is 1.16 bits per heavy atom. The summed E-state index contributed by atoms with van der Waals surface area (Å²) >= 11 is 3.14. The number of aliphatic hydroxyl groups excluding tert-OH is 1. The Morgan fingerprint density at radius 3 is 2.63 bits per heavy atom. The minimum absolute atomic E-state index is 0.00935. The number of thiophene rings is 2. The van der Waals surface area contributed by atoms with Crippen LogP contribution in [-0.2, 0) is 6.61 Å². The van der Waals surface area contributed by atoms with Crippen molar-refractivity contribution in [3.63, 3.8) is 0 Å². The van der Waals surface area contributed by atoms with Crippen LogP contribution in [0, 0.1) is 0 Å². The highest BCUT2D eigenvalue weighted by Crippen LogP contribution is 2.30. The molecule has 3 nitrogen and oxygen atoms in total. The Kier molecular flexibility index (Phi) is 3.33. The highest BCUT2D eigenvalue weighted by molar-refractivity contribution is 7.27. The van der Waals surface area contributed by atoms with Gasteiger partial charge in [0, 0.05) is 15.1 Å². The van der Waals surface area contributed by atoms with E-state index in [9.17, 15) is 4.79 Å². The third-order valence-electron chi connectivity index (χ3n) is 2.76. The summed E-state index contributed by atoms with van der Waals surface area (Å²) in [5, 5.41) is 13.8. The van der Waals surface area contributed by atoms with Gasteiger partial charge >= 0.3 is 0 Å². The first-order chi connectivity index (χ1) is 9.26. The molecule has 1 aromatic carbocycles. The van der Waals surface area contributed by atoms with Crippen molar-refractivity contribution in [2.45, 2.75) is 6.61 Å². The van der Waals surface area contributed by atoms with Crippen LogP contribution in [0.2, 0.25) is 0 Å². The monoisotopic (exact) mass is 289 g/mol. The largest absolute Gasteiger partial charge is 0.392 e. The zero-order chi connectivity index (χ0) is 13.2. The molecule has 2 heterocycles. The summed E-state index contributed by atoms with van der Waals surface area (Å²) in [5.74, 6) is -0.0925. The number of carbonyl (C=O) groups is 1. The van der Waals surface area contributed by atoms with Crippen LogP contribution in [0.4, 0.5) is 5.69 Å². The highest BCUT2D eigenvalue weighted by atomic mass is 32.1. The fourth-order valence-corrected chi connectivity index (χ4v) is 3.77. The van der Waals surface area contributed by atoms with Crippen LogP contribution in [0.15, 0.2) is 41.8 Å². The maximum absolute atomic E-state index is 12.1. The number of carbonyl (C=O) groups excluding carboxylic acids is 1. The molecule has 2 aromatic heterocycles. The Morgan fingerprint density at radius 2 is 1.95 bits per heavy atom. The summed E-state index contributed by atoms with van der Waals surface area (Å²) in [4.78, 5) is 12.8. The van der Waals surface area contributed by atoms with Gasteiger partial charge in [-0.3, -0.25) is 4.79 Å². The summed E-state index contributed by atoms with van der Waals surface area (Å²) in [6, 6.07) is 11.1. The third kappa shape index (κ3) is 2.53. The van der Waals surface area contributed by atoms with Crippen LogP contribution < -0.4 is 5.32 Å². The van der Waals surface area contributed by atoms with Gasteiger partial charge in [0.25, 0.3) is 5.91 Å². The molecule has 0 aliphatic carbocycles. The predicted molar refractivity (Wildman–Crippen MR) is 80.0 cm³/mol. The van der Waals surface area contributed by atoms with Crippen molar-refractivity contribution in [2.75, 3.05) is 5.32 Å². The first-order valence-electron chi connectivity index (χ1n) is 5.74.